The van der Waals surface area contributed by atoms with Crippen molar-refractivity contribution in [3.05, 3.63) is 54.1 Å². The molecule has 2 aliphatic rings. The molecule has 2 amide bonds. The van der Waals surface area contributed by atoms with Gasteiger partial charge in [-0.3, -0.25) is 14.5 Å². The molecular weight excluding hydrogens is 436 g/mol. The Bertz CT molecular complexity index is 1160. The maximum absolute atomic E-state index is 13.8. The Morgan fingerprint density at radius 2 is 1.49 bits per heavy atom. The predicted molar refractivity (Wildman–Crippen MR) is 140 cm³/mol. The van der Waals surface area contributed by atoms with Gasteiger partial charge in [-0.15, -0.1) is 0 Å². The Morgan fingerprint density at radius 3 is 2.09 bits per heavy atom. The summed E-state index contributed by atoms with van der Waals surface area (Å²) in [5.74, 6) is 0.521. The summed E-state index contributed by atoms with van der Waals surface area (Å²) in [7, 11) is 0. The van der Waals surface area contributed by atoms with Crippen molar-refractivity contribution < 1.29 is 9.59 Å². The second-order valence-corrected chi connectivity index (χ2v) is 9.89. The highest BCUT2D eigenvalue weighted by Crippen LogP contribution is 2.30. The number of amides is 2. The van der Waals surface area contributed by atoms with E-state index in [1.165, 1.54) is 0 Å². The van der Waals surface area contributed by atoms with E-state index < -0.39 is 0 Å². The Hall–Kier alpha value is -2.99. The molecule has 0 saturated carbocycles. The van der Waals surface area contributed by atoms with Gasteiger partial charge in [-0.1, -0.05) is 36.4 Å². The lowest BCUT2D eigenvalue weighted by Crippen LogP contribution is -2.52. The van der Waals surface area contributed by atoms with Gasteiger partial charge in [0.15, 0.2) is 0 Å². The standard InChI is InChI=1S/C29H36N4O2/c1-3-31(4-2)28(34)21-10-9-17-33(20-21)22-15-18-32(19-16-22)29(35)27-23-11-5-7-13-25(23)30-26-14-8-6-12-24(26)27/h5-8,11-14,21-22H,3-4,9-10,15-20H2,1-2H3. The van der Waals surface area contributed by atoms with Gasteiger partial charge in [0.25, 0.3) is 5.91 Å². The van der Waals surface area contributed by atoms with Crippen LogP contribution in [0.4, 0.5) is 0 Å². The maximum Gasteiger partial charge on any atom is 0.255 e. The van der Waals surface area contributed by atoms with Crippen molar-refractivity contribution in [2.24, 2.45) is 5.92 Å². The number of pyridine rings is 1. The molecule has 3 heterocycles. The Balaban J connectivity index is 1.30. The fraction of sp³-hybridized carbons (Fsp3) is 0.483. The highest BCUT2D eigenvalue weighted by atomic mass is 16.2. The number of carbonyl (C=O) groups excluding carboxylic acids is 2. The molecule has 2 aliphatic heterocycles. The van der Waals surface area contributed by atoms with Crippen LogP contribution >= 0.6 is 0 Å². The van der Waals surface area contributed by atoms with E-state index in [0.29, 0.717) is 11.9 Å². The normalized spacial score (nSPS) is 19.8. The number of hydrogen-bond acceptors (Lipinski definition) is 4. The lowest BCUT2D eigenvalue weighted by atomic mass is 9.92. The number of rotatable bonds is 5. The molecule has 0 aliphatic carbocycles. The van der Waals surface area contributed by atoms with Gasteiger partial charge in [0.1, 0.15) is 0 Å². The minimum Gasteiger partial charge on any atom is -0.343 e. The van der Waals surface area contributed by atoms with Crippen LogP contribution in [0.2, 0.25) is 0 Å². The number of nitrogens with zero attached hydrogens (tertiary/aromatic N) is 4. The molecule has 2 aromatic carbocycles. The van der Waals surface area contributed by atoms with Gasteiger partial charge < -0.3 is 9.80 Å². The van der Waals surface area contributed by atoms with Crippen LogP contribution < -0.4 is 0 Å². The number of carbonyl (C=O) groups is 2. The monoisotopic (exact) mass is 472 g/mol. The number of likely N-dealkylation sites (tertiary alicyclic amines) is 2. The molecule has 0 bridgehead atoms. The Morgan fingerprint density at radius 1 is 0.886 bits per heavy atom. The first-order chi connectivity index (χ1) is 17.1. The summed E-state index contributed by atoms with van der Waals surface area (Å²) in [6.07, 6.45) is 3.98. The molecule has 0 N–H and O–H groups in total. The van der Waals surface area contributed by atoms with Gasteiger partial charge >= 0.3 is 0 Å². The van der Waals surface area contributed by atoms with E-state index in [-0.39, 0.29) is 11.8 Å². The van der Waals surface area contributed by atoms with Crippen molar-refractivity contribution in [1.29, 1.82) is 0 Å². The highest BCUT2D eigenvalue weighted by molar-refractivity contribution is 6.16. The van der Waals surface area contributed by atoms with E-state index in [1.54, 1.807) is 0 Å². The Labute approximate surface area is 207 Å². The summed E-state index contributed by atoms with van der Waals surface area (Å²) >= 11 is 0. The highest BCUT2D eigenvalue weighted by Gasteiger charge is 2.34. The molecule has 184 valence electrons. The fourth-order valence-corrected chi connectivity index (χ4v) is 6.00. The largest absolute Gasteiger partial charge is 0.343 e. The van der Waals surface area contributed by atoms with E-state index in [0.717, 1.165) is 92.3 Å². The lowest BCUT2D eigenvalue weighted by molar-refractivity contribution is -0.137. The van der Waals surface area contributed by atoms with E-state index in [2.05, 4.69) is 18.7 Å². The van der Waals surface area contributed by atoms with Crippen molar-refractivity contribution in [3.8, 4) is 0 Å². The molecule has 6 nitrogen and oxygen atoms in total. The van der Waals surface area contributed by atoms with Gasteiger partial charge in [-0.25, -0.2) is 4.98 Å². The topological polar surface area (TPSA) is 56.8 Å². The molecule has 1 atom stereocenters. The summed E-state index contributed by atoms with van der Waals surface area (Å²) in [5.41, 5.74) is 2.50. The van der Waals surface area contributed by atoms with Crippen molar-refractivity contribution in [2.45, 2.75) is 45.6 Å². The number of aromatic nitrogens is 1. The quantitative estimate of drug-likeness (QED) is 0.511. The molecular formula is C29H36N4O2. The summed E-state index contributed by atoms with van der Waals surface area (Å²) < 4.78 is 0. The number of para-hydroxylation sites is 2. The predicted octanol–water partition coefficient (Wildman–Crippen LogP) is 4.57. The zero-order valence-corrected chi connectivity index (χ0v) is 20.9. The number of fused-ring (bicyclic) bond motifs is 2. The molecule has 2 saturated heterocycles. The van der Waals surface area contributed by atoms with Gasteiger partial charge in [0, 0.05) is 49.5 Å². The molecule has 3 aromatic rings. The molecule has 0 radical (unpaired) electrons. The number of benzene rings is 2. The van der Waals surface area contributed by atoms with Crippen LogP contribution in [0.5, 0.6) is 0 Å². The van der Waals surface area contributed by atoms with Crippen LogP contribution in [-0.2, 0) is 4.79 Å². The second-order valence-electron chi connectivity index (χ2n) is 9.89. The van der Waals surface area contributed by atoms with E-state index in [1.807, 2.05) is 58.3 Å². The molecule has 1 aromatic heterocycles. The van der Waals surface area contributed by atoms with E-state index in [4.69, 9.17) is 4.98 Å². The summed E-state index contributed by atoms with van der Waals surface area (Å²) in [5, 5.41) is 1.85. The Kier molecular flexibility index (Phi) is 7.00. The van der Waals surface area contributed by atoms with Crippen molar-refractivity contribution in [3.63, 3.8) is 0 Å². The average molecular weight is 473 g/mol. The van der Waals surface area contributed by atoms with Crippen molar-refractivity contribution >= 4 is 33.6 Å². The third kappa shape index (κ3) is 4.64. The van der Waals surface area contributed by atoms with E-state index >= 15 is 0 Å². The molecule has 2 fully saturated rings. The summed E-state index contributed by atoms with van der Waals surface area (Å²) in [6.45, 7) is 9.09. The molecule has 5 rings (SSSR count). The minimum atomic E-state index is 0.103. The molecule has 0 spiro atoms. The van der Waals surface area contributed by atoms with Gasteiger partial charge in [-0.2, -0.15) is 0 Å². The smallest absolute Gasteiger partial charge is 0.255 e. The van der Waals surface area contributed by atoms with Gasteiger partial charge in [0.05, 0.1) is 22.5 Å². The molecule has 6 heteroatoms. The van der Waals surface area contributed by atoms with Gasteiger partial charge in [-0.05, 0) is 58.2 Å². The zero-order chi connectivity index (χ0) is 24.4. The number of piperidine rings is 2. The zero-order valence-electron chi connectivity index (χ0n) is 20.9. The average Bonchev–Trinajstić information content (AvgIpc) is 2.92. The SMILES string of the molecule is CCN(CC)C(=O)C1CCCN(C2CCN(C(=O)c3c4ccccc4nc4ccccc34)CC2)C1. The van der Waals surface area contributed by atoms with Crippen LogP contribution in [0.15, 0.2) is 48.5 Å². The first kappa shape index (κ1) is 23.7. The van der Waals surface area contributed by atoms with Crippen molar-refractivity contribution in [1.82, 2.24) is 19.7 Å². The van der Waals surface area contributed by atoms with Crippen LogP contribution in [0.1, 0.15) is 49.9 Å². The maximum atomic E-state index is 13.8. The first-order valence-corrected chi connectivity index (χ1v) is 13.2. The third-order valence-corrected chi connectivity index (χ3v) is 7.95. The fourth-order valence-electron chi connectivity index (χ4n) is 6.00. The summed E-state index contributed by atoms with van der Waals surface area (Å²) in [6, 6.07) is 16.3. The van der Waals surface area contributed by atoms with Crippen molar-refractivity contribution in [2.75, 3.05) is 39.3 Å². The summed E-state index contributed by atoms with van der Waals surface area (Å²) in [4.78, 5) is 38.1. The van der Waals surface area contributed by atoms with E-state index in [9.17, 15) is 9.59 Å². The first-order valence-electron chi connectivity index (χ1n) is 13.2. The van der Waals surface area contributed by atoms with Crippen LogP contribution in [0.3, 0.4) is 0 Å². The van der Waals surface area contributed by atoms with Crippen LogP contribution in [-0.4, -0.2) is 76.8 Å². The molecule has 1 unspecified atom stereocenters. The minimum absolute atomic E-state index is 0.103. The second kappa shape index (κ2) is 10.3. The van der Waals surface area contributed by atoms with Crippen LogP contribution in [0.25, 0.3) is 21.8 Å². The van der Waals surface area contributed by atoms with Crippen LogP contribution in [0, 0.1) is 5.92 Å². The number of hydrogen-bond donors (Lipinski definition) is 0. The third-order valence-electron chi connectivity index (χ3n) is 7.95. The molecule has 35 heavy (non-hydrogen) atoms. The van der Waals surface area contributed by atoms with Gasteiger partial charge in [0.2, 0.25) is 5.91 Å². The lowest BCUT2D eigenvalue weighted by Gasteiger charge is -2.42.